The molecule has 0 unspecified atom stereocenters. The van der Waals surface area contributed by atoms with Crippen LogP contribution in [0.3, 0.4) is 0 Å². The number of nitrogens with one attached hydrogen (secondary N) is 1. The number of thiol groups is 1. The Morgan fingerprint density at radius 1 is 0.875 bits per heavy atom. The number of benzene rings is 2. The van der Waals surface area contributed by atoms with Crippen molar-refractivity contribution < 1.29 is 33.3 Å². The number of amides is 1. The zero-order valence-electron chi connectivity index (χ0n) is 23.4. The quantitative estimate of drug-likeness (QED) is 0.259. The molecule has 1 amide bonds. The molecule has 1 N–H and O–H groups in total. The molecule has 1 atom stereocenters. The first kappa shape index (κ1) is 30.6. The molecule has 9 nitrogen and oxygen atoms in total. The summed E-state index contributed by atoms with van der Waals surface area (Å²) in [6, 6.07) is 16.1. The third-order valence-electron chi connectivity index (χ3n) is 5.67. The van der Waals surface area contributed by atoms with Crippen LogP contribution in [0.1, 0.15) is 44.0 Å². The summed E-state index contributed by atoms with van der Waals surface area (Å²) in [5.74, 6) is 2.49. The number of nitrogens with zero attached hydrogens (tertiary/aromatic N) is 1. The number of rotatable bonds is 13. The topological polar surface area (TPSA) is 105 Å². The highest BCUT2D eigenvalue weighted by molar-refractivity contribution is 7.96. The first-order chi connectivity index (χ1) is 19.1. The van der Waals surface area contributed by atoms with Crippen molar-refractivity contribution in [2.75, 3.05) is 14.2 Å². The number of hydrogen-bond donors (Lipinski definition) is 2. The van der Waals surface area contributed by atoms with Gasteiger partial charge >= 0.3 is 6.09 Å². The highest BCUT2D eigenvalue weighted by Crippen LogP contribution is 2.30. The molecule has 0 saturated heterocycles. The van der Waals surface area contributed by atoms with E-state index in [0.29, 0.717) is 36.8 Å². The van der Waals surface area contributed by atoms with Crippen LogP contribution >= 0.6 is 12.6 Å². The first-order valence-corrected chi connectivity index (χ1v) is 13.2. The summed E-state index contributed by atoms with van der Waals surface area (Å²) in [5, 5.41) is 2.11. The van der Waals surface area contributed by atoms with E-state index >= 15 is 0 Å². The van der Waals surface area contributed by atoms with Crippen LogP contribution in [0, 0.1) is 0 Å². The number of aromatic nitrogens is 1. The highest BCUT2D eigenvalue weighted by Gasteiger charge is 2.23. The number of methoxy groups -OCH3 is 2. The van der Waals surface area contributed by atoms with Crippen molar-refractivity contribution in [3.05, 3.63) is 77.6 Å². The van der Waals surface area contributed by atoms with Crippen molar-refractivity contribution in [3.63, 3.8) is 0 Å². The molecule has 3 rings (SSSR count). The average Bonchev–Trinajstić information content (AvgIpc) is 2.92. The Balaban J connectivity index is 1.73. The van der Waals surface area contributed by atoms with Gasteiger partial charge in [-0.15, -0.1) is 12.6 Å². The lowest BCUT2D eigenvalue weighted by molar-refractivity contribution is -0.112. The molecule has 214 valence electrons. The van der Waals surface area contributed by atoms with Crippen molar-refractivity contribution >= 4 is 23.8 Å². The van der Waals surface area contributed by atoms with Crippen LogP contribution in [-0.4, -0.2) is 42.1 Å². The predicted molar refractivity (Wildman–Crippen MR) is 154 cm³/mol. The first-order valence-electron chi connectivity index (χ1n) is 12.8. The van der Waals surface area contributed by atoms with E-state index in [1.54, 1.807) is 47.3 Å². The minimum atomic E-state index is -0.838. The van der Waals surface area contributed by atoms with Crippen LogP contribution in [0.4, 0.5) is 4.79 Å². The summed E-state index contributed by atoms with van der Waals surface area (Å²) in [5.41, 5.74) is 1.87. The minimum Gasteiger partial charge on any atom is -0.497 e. The molecule has 3 aromatic rings. The normalized spacial score (nSPS) is 11.8. The van der Waals surface area contributed by atoms with E-state index in [-0.39, 0.29) is 6.42 Å². The summed E-state index contributed by atoms with van der Waals surface area (Å²) < 4.78 is 27.9. The number of pyridine rings is 1. The molecule has 0 saturated carbocycles. The molecule has 0 aliphatic carbocycles. The van der Waals surface area contributed by atoms with Crippen LogP contribution in [0.25, 0.3) is 0 Å². The molecular weight excluding hydrogens is 532 g/mol. The number of hydrogen-bond acceptors (Lipinski definition) is 8. The van der Waals surface area contributed by atoms with Gasteiger partial charge in [0.2, 0.25) is 5.12 Å². The second-order valence-electron chi connectivity index (χ2n) is 9.97. The van der Waals surface area contributed by atoms with Crippen molar-refractivity contribution in [1.29, 1.82) is 0 Å². The number of carbonyl (C=O) groups is 2. The lowest BCUT2D eigenvalue weighted by Crippen LogP contribution is -2.42. The lowest BCUT2D eigenvalue weighted by Gasteiger charge is -2.22. The molecule has 1 aromatic heterocycles. The van der Waals surface area contributed by atoms with E-state index in [1.807, 2.05) is 48.5 Å². The fourth-order valence-corrected chi connectivity index (χ4v) is 3.78. The number of alkyl carbamates (subject to hydrolysis) is 1. The maximum absolute atomic E-state index is 12.2. The van der Waals surface area contributed by atoms with Gasteiger partial charge in [-0.1, -0.05) is 24.3 Å². The van der Waals surface area contributed by atoms with E-state index in [2.05, 4.69) is 22.9 Å². The maximum Gasteiger partial charge on any atom is 0.408 e. The lowest BCUT2D eigenvalue weighted by atomic mass is 10.1. The number of ether oxygens (including phenoxy) is 5. The van der Waals surface area contributed by atoms with Gasteiger partial charge in [0.05, 0.1) is 20.4 Å². The SMILES string of the molecule is COc1ccc(COc2cnc(CC[C@@H](NC(=O)OC(C)(C)C)C(=O)S)cc2OCc2ccc(OC)cc2)cc1. The second-order valence-corrected chi connectivity index (χ2v) is 10.4. The van der Waals surface area contributed by atoms with Crippen LogP contribution in [0.15, 0.2) is 60.8 Å². The molecule has 0 bridgehead atoms. The molecule has 2 aromatic carbocycles. The summed E-state index contributed by atoms with van der Waals surface area (Å²) in [4.78, 5) is 28.8. The molecule has 0 aliphatic rings. The van der Waals surface area contributed by atoms with Gasteiger partial charge in [-0.3, -0.25) is 9.78 Å². The summed E-state index contributed by atoms with van der Waals surface area (Å²) in [7, 11) is 3.23. The van der Waals surface area contributed by atoms with Crippen LogP contribution in [0.2, 0.25) is 0 Å². The van der Waals surface area contributed by atoms with E-state index in [1.165, 1.54) is 0 Å². The number of carbonyl (C=O) groups excluding carboxylic acids is 2. The molecule has 1 heterocycles. The van der Waals surface area contributed by atoms with Gasteiger partial charge in [0, 0.05) is 11.8 Å². The third-order valence-corrected chi connectivity index (χ3v) is 5.98. The Morgan fingerprint density at radius 3 is 1.88 bits per heavy atom. The van der Waals surface area contributed by atoms with E-state index < -0.39 is 22.9 Å². The van der Waals surface area contributed by atoms with Crippen LogP contribution < -0.4 is 24.3 Å². The summed E-state index contributed by atoms with van der Waals surface area (Å²) in [6.07, 6.45) is 1.57. The second kappa shape index (κ2) is 14.5. The Kier molecular flexibility index (Phi) is 11.1. The van der Waals surface area contributed by atoms with Crippen molar-refractivity contribution in [3.8, 4) is 23.0 Å². The van der Waals surface area contributed by atoms with Crippen molar-refractivity contribution in [2.24, 2.45) is 0 Å². The summed E-state index contributed by atoms with van der Waals surface area (Å²) in [6.45, 7) is 5.85. The van der Waals surface area contributed by atoms with Gasteiger partial charge in [-0.05, 0) is 69.0 Å². The predicted octanol–water partition coefficient (Wildman–Crippen LogP) is 5.54. The molecule has 40 heavy (non-hydrogen) atoms. The minimum absolute atomic E-state index is 0.276. The third kappa shape index (κ3) is 10.00. The fourth-order valence-electron chi connectivity index (χ4n) is 3.59. The fraction of sp³-hybridized carbons (Fsp3) is 0.367. The Morgan fingerprint density at radius 2 is 1.40 bits per heavy atom. The largest absolute Gasteiger partial charge is 0.497 e. The Labute approximate surface area is 240 Å². The van der Waals surface area contributed by atoms with Crippen molar-refractivity contribution in [1.82, 2.24) is 10.3 Å². The van der Waals surface area contributed by atoms with Gasteiger partial charge in [0.1, 0.15) is 36.4 Å². The molecule has 0 spiro atoms. The molecular formula is C30H36N2O7S. The summed E-state index contributed by atoms with van der Waals surface area (Å²) >= 11 is 3.93. The van der Waals surface area contributed by atoms with Gasteiger partial charge in [-0.2, -0.15) is 0 Å². The molecule has 10 heteroatoms. The highest BCUT2D eigenvalue weighted by atomic mass is 32.1. The standard InChI is InChI=1S/C30H36N2O7S/c1-30(2,3)39-29(34)32-25(28(33)40)15-10-22-16-26(37-18-20-6-11-23(35-4)12-7-20)27(17-31-22)38-19-21-8-13-24(36-5)14-9-21/h6-9,11-14,16-17,25H,10,15,18-19H2,1-5H3,(H,32,34)(H,33,40)/t25-/m1/s1. The zero-order chi connectivity index (χ0) is 29.1. The molecule has 0 fully saturated rings. The van der Waals surface area contributed by atoms with Gasteiger partial charge in [0.15, 0.2) is 11.5 Å². The van der Waals surface area contributed by atoms with Gasteiger partial charge in [0.25, 0.3) is 0 Å². The van der Waals surface area contributed by atoms with E-state index in [4.69, 9.17) is 23.7 Å². The molecule has 0 aliphatic heterocycles. The van der Waals surface area contributed by atoms with E-state index in [0.717, 1.165) is 22.6 Å². The Hall–Kier alpha value is -3.92. The Bertz CT molecular complexity index is 1260. The monoisotopic (exact) mass is 568 g/mol. The number of aryl methyl sites for hydroxylation is 1. The van der Waals surface area contributed by atoms with Gasteiger partial charge in [-0.25, -0.2) is 4.79 Å². The maximum atomic E-state index is 12.2. The van der Waals surface area contributed by atoms with E-state index in [9.17, 15) is 9.59 Å². The smallest absolute Gasteiger partial charge is 0.408 e. The van der Waals surface area contributed by atoms with Crippen molar-refractivity contribution in [2.45, 2.75) is 58.5 Å². The molecule has 0 radical (unpaired) electrons. The van der Waals surface area contributed by atoms with Gasteiger partial charge < -0.3 is 29.0 Å². The average molecular weight is 569 g/mol. The van der Waals surface area contributed by atoms with Crippen LogP contribution in [0.5, 0.6) is 23.0 Å². The zero-order valence-corrected chi connectivity index (χ0v) is 24.3. The van der Waals surface area contributed by atoms with Crippen LogP contribution in [-0.2, 0) is 29.2 Å².